The van der Waals surface area contributed by atoms with Crippen LogP contribution in [0, 0.1) is 0 Å². The lowest BCUT2D eigenvalue weighted by Crippen LogP contribution is -2.49. The number of carbonyl (C=O) groups is 2. The van der Waals surface area contributed by atoms with Crippen LogP contribution in [-0.4, -0.2) is 34.2 Å². The lowest BCUT2D eigenvalue weighted by Gasteiger charge is -2.39. The van der Waals surface area contributed by atoms with E-state index in [0.717, 1.165) is 0 Å². The monoisotopic (exact) mass is 472 g/mol. The number of fused-ring (bicyclic) bond motifs is 1. The Kier molecular flexibility index (Phi) is 7.02. The van der Waals surface area contributed by atoms with Crippen LogP contribution in [0.25, 0.3) is 0 Å². The number of aryl methyl sites for hydroxylation is 1. The number of nitrogens with zero attached hydrogens (tertiary/aromatic N) is 1. The first-order valence-electron chi connectivity index (χ1n) is 9.37. The Labute approximate surface area is 188 Å². The highest BCUT2D eigenvalue weighted by Crippen LogP contribution is 2.46. The number of benzene rings is 1. The molecule has 1 amide bonds. The molecular formula is C21H20Cl3FN2O3. The van der Waals surface area contributed by atoms with Crippen molar-refractivity contribution in [2.75, 3.05) is 12.4 Å². The predicted molar refractivity (Wildman–Crippen MR) is 114 cm³/mol. The van der Waals surface area contributed by atoms with E-state index in [1.165, 1.54) is 18.3 Å². The Morgan fingerprint density at radius 2 is 2.00 bits per heavy atom. The van der Waals surface area contributed by atoms with Gasteiger partial charge in [-0.1, -0.05) is 35.3 Å². The van der Waals surface area contributed by atoms with Crippen molar-refractivity contribution < 1.29 is 19.1 Å². The van der Waals surface area contributed by atoms with Gasteiger partial charge >= 0.3 is 0 Å². The number of hydrogen-bond donors (Lipinski definition) is 2. The van der Waals surface area contributed by atoms with Gasteiger partial charge in [-0.3, -0.25) is 14.6 Å². The number of halogens is 4. The van der Waals surface area contributed by atoms with Gasteiger partial charge in [0, 0.05) is 28.2 Å². The maximum atomic E-state index is 16.0. The van der Waals surface area contributed by atoms with Crippen molar-refractivity contribution in [3.05, 3.63) is 63.4 Å². The normalized spacial score (nSPS) is 23.0. The lowest BCUT2D eigenvalue weighted by molar-refractivity contribution is -0.135. The number of pyridine rings is 1. The van der Waals surface area contributed by atoms with E-state index in [-0.39, 0.29) is 49.4 Å². The molecule has 0 spiro atoms. The Hall–Kier alpha value is -1.73. The van der Waals surface area contributed by atoms with Crippen molar-refractivity contribution in [1.82, 2.24) is 10.3 Å². The molecule has 3 rings (SSSR count). The standard InChI is InChI=1S/C21H20Cl3FN2O3/c22-11-18(29)27-12-20(30)7-8-21(25,15-2-1-9-26-19(15)20)17(28)6-4-13-3-5-14(23)10-16(13)24/h1-3,5,9-10,30H,4,6-8,11-12H2,(H,27,29)/t20-,21+/m0/s1. The molecule has 2 aromatic rings. The molecule has 9 heteroatoms. The maximum absolute atomic E-state index is 16.0. The van der Waals surface area contributed by atoms with E-state index in [0.29, 0.717) is 15.6 Å². The molecule has 1 heterocycles. The third-order valence-corrected chi connectivity index (χ3v) is 6.17. The van der Waals surface area contributed by atoms with Crippen LogP contribution in [0.15, 0.2) is 36.5 Å². The second kappa shape index (κ2) is 9.18. The highest BCUT2D eigenvalue weighted by Gasteiger charge is 2.51. The van der Waals surface area contributed by atoms with Gasteiger partial charge in [0.1, 0.15) is 11.5 Å². The van der Waals surface area contributed by atoms with E-state index in [9.17, 15) is 14.7 Å². The van der Waals surface area contributed by atoms with Gasteiger partial charge in [0.05, 0.1) is 12.2 Å². The van der Waals surface area contributed by atoms with Crippen LogP contribution in [0.4, 0.5) is 4.39 Å². The van der Waals surface area contributed by atoms with Gasteiger partial charge in [-0.15, -0.1) is 11.6 Å². The minimum absolute atomic E-state index is 0.0195. The van der Waals surface area contributed by atoms with Crippen LogP contribution in [0.2, 0.25) is 10.0 Å². The largest absolute Gasteiger partial charge is 0.382 e. The van der Waals surface area contributed by atoms with Crippen LogP contribution in [-0.2, 0) is 27.3 Å². The fraction of sp³-hybridized carbons (Fsp3) is 0.381. The van der Waals surface area contributed by atoms with Crippen LogP contribution in [0.3, 0.4) is 0 Å². The molecule has 0 bridgehead atoms. The van der Waals surface area contributed by atoms with Crippen molar-refractivity contribution in [2.24, 2.45) is 0 Å². The van der Waals surface area contributed by atoms with Gasteiger partial charge in [0.15, 0.2) is 11.5 Å². The Morgan fingerprint density at radius 1 is 1.23 bits per heavy atom. The molecule has 2 N–H and O–H groups in total. The average Bonchev–Trinajstić information content (AvgIpc) is 2.74. The fourth-order valence-corrected chi connectivity index (χ4v) is 4.25. The van der Waals surface area contributed by atoms with Crippen molar-refractivity contribution in [1.29, 1.82) is 0 Å². The Morgan fingerprint density at radius 3 is 2.70 bits per heavy atom. The zero-order chi connectivity index (χ0) is 21.9. The number of Topliss-reactive ketones (excluding diaryl/α,β-unsaturated/α-hetero) is 1. The molecule has 30 heavy (non-hydrogen) atoms. The maximum Gasteiger partial charge on any atom is 0.235 e. The van der Waals surface area contributed by atoms with Crippen LogP contribution in [0.1, 0.15) is 36.1 Å². The molecule has 0 unspecified atom stereocenters. The Balaban J connectivity index is 1.82. The summed E-state index contributed by atoms with van der Waals surface area (Å²) < 4.78 is 16.0. The molecule has 0 saturated carbocycles. The van der Waals surface area contributed by atoms with Crippen LogP contribution < -0.4 is 5.32 Å². The smallest absolute Gasteiger partial charge is 0.235 e. The number of ketones is 1. The summed E-state index contributed by atoms with van der Waals surface area (Å²) in [7, 11) is 0. The molecule has 0 saturated heterocycles. The molecule has 1 aliphatic carbocycles. The van der Waals surface area contributed by atoms with Crippen molar-refractivity contribution >= 4 is 46.5 Å². The molecule has 0 aliphatic heterocycles. The van der Waals surface area contributed by atoms with Crippen molar-refractivity contribution in [3.8, 4) is 0 Å². The number of amides is 1. The quantitative estimate of drug-likeness (QED) is 0.594. The minimum atomic E-state index is -2.29. The van der Waals surface area contributed by atoms with Crippen molar-refractivity contribution in [3.63, 3.8) is 0 Å². The highest BCUT2D eigenvalue weighted by molar-refractivity contribution is 6.35. The molecule has 0 radical (unpaired) electrons. The number of carbonyl (C=O) groups excluding carboxylic acids is 2. The molecule has 160 valence electrons. The second-order valence-electron chi connectivity index (χ2n) is 7.30. The van der Waals surface area contributed by atoms with E-state index in [4.69, 9.17) is 34.8 Å². The van der Waals surface area contributed by atoms with Gasteiger partial charge in [0.2, 0.25) is 5.91 Å². The molecule has 1 aromatic carbocycles. The summed E-state index contributed by atoms with van der Waals surface area (Å²) in [5.74, 6) is -1.34. The van der Waals surface area contributed by atoms with Gasteiger partial charge in [-0.25, -0.2) is 4.39 Å². The predicted octanol–water partition coefficient (Wildman–Crippen LogP) is 4.09. The Bertz CT molecular complexity index is 974. The summed E-state index contributed by atoms with van der Waals surface area (Å²) in [5.41, 5.74) is -3.11. The van der Waals surface area contributed by atoms with E-state index in [1.54, 1.807) is 18.2 Å². The van der Waals surface area contributed by atoms with Gasteiger partial charge < -0.3 is 10.4 Å². The summed E-state index contributed by atoms with van der Waals surface area (Å²) in [4.78, 5) is 28.5. The van der Waals surface area contributed by atoms with E-state index in [2.05, 4.69) is 10.3 Å². The summed E-state index contributed by atoms with van der Waals surface area (Å²) in [6.07, 6.45) is 1.28. The molecule has 0 fully saturated rings. The zero-order valence-corrected chi connectivity index (χ0v) is 18.2. The summed E-state index contributed by atoms with van der Waals surface area (Å²) in [6, 6.07) is 7.90. The molecule has 5 nitrogen and oxygen atoms in total. The highest BCUT2D eigenvalue weighted by atomic mass is 35.5. The number of aromatic nitrogens is 1. The first kappa shape index (κ1) is 22.9. The van der Waals surface area contributed by atoms with E-state index >= 15 is 4.39 Å². The molecule has 2 atom stereocenters. The van der Waals surface area contributed by atoms with E-state index in [1.807, 2.05) is 0 Å². The second-order valence-corrected chi connectivity index (χ2v) is 8.41. The zero-order valence-electron chi connectivity index (χ0n) is 15.9. The summed E-state index contributed by atoms with van der Waals surface area (Å²) in [6.45, 7) is -0.173. The number of hydrogen-bond acceptors (Lipinski definition) is 4. The first-order valence-corrected chi connectivity index (χ1v) is 10.7. The fourth-order valence-electron chi connectivity index (χ4n) is 3.65. The molecule has 1 aliphatic rings. The molecule has 1 aromatic heterocycles. The van der Waals surface area contributed by atoms with Gasteiger partial charge in [-0.2, -0.15) is 0 Å². The first-order chi connectivity index (χ1) is 14.2. The lowest BCUT2D eigenvalue weighted by atomic mass is 9.72. The minimum Gasteiger partial charge on any atom is -0.382 e. The van der Waals surface area contributed by atoms with Crippen molar-refractivity contribution in [2.45, 2.75) is 37.0 Å². The van der Waals surface area contributed by atoms with Crippen LogP contribution >= 0.6 is 34.8 Å². The summed E-state index contributed by atoms with van der Waals surface area (Å²) >= 11 is 17.5. The SMILES string of the molecule is O=C(CCl)NC[C@@]1(O)CC[C@](F)(C(=O)CCc2ccc(Cl)cc2Cl)c2cccnc21. The van der Waals surface area contributed by atoms with Crippen LogP contribution in [0.5, 0.6) is 0 Å². The third kappa shape index (κ3) is 4.62. The molecular weight excluding hydrogens is 454 g/mol. The summed E-state index contributed by atoms with van der Waals surface area (Å²) in [5, 5.41) is 14.4. The third-order valence-electron chi connectivity index (χ3n) is 5.34. The number of alkyl halides is 2. The number of nitrogens with one attached hydrogen (secondary N) is 1. The number of rotatable bonds is 7. The van der Waals surface area contributed by atoms with E-state index < -0.39 is 23.0 Å². The van der Waals surface area contributed by atoms with Gasteiger partial charge in [-0.05, 0) is 43.0 Å². The van der Waals surface area contributed by atoms with Gasteiger partial charge in [0.25, 0.3) is 0 Å². The average molecular weight is 474 g/mol. The number of aliphatic hydroxyl groups is 1. The topological polar surface area (TPSA) is 79.3 Å².